The molecule has 1 aromatic rings. The molecule has 7 heteroatoms. The van der Waals surface area contributed by atoms with Gasteiger partial charge >= 0.3 is 6.18 Å². The fraction of sp³-hybridized carbons (Fsp3) is 0.529. The van der Waals surface area contributed by atoms with Gasteiger partial charge in [-0.3, -0.25) is 4.79 Å². The Hall–Kier alpha value is -1.89. The molecule has 2 aliphatic rings. The van der Waals surface area contributed by atoms with Gasteiger partial charge in [0.2, 0.25) is 5.91 Å². The van der Waals surface area contributed by atoms with Crippen LogP contribution in [0.1, 0.15) is 31.7 Å². The molecular formula is C17H19F3N2O2. The molecule has 0 spiro atoms. The van der Waals surface area contributed by atoms with E-state index >= 15 is 0 Å². The van der Waals surface area contributed by atoms with Crippen LogP contribution in [0.4, 0.5) is 13.2 Å². The van der Waals surface area contributed by atoms with Gasteiger partial charge in [0.15, 0.2) is 0 Å². The van der Waals surface area contributed by atoms with E-state index in [1.807, 2.05) is 6.92 Å². The highest BCUT2D eigenvalue weighted by atomic mass is 19.4. The SMILES string of the molecule is C[C@@H]1CCC2=NN(C(=O)Cc3ccccc3)[C@](O)(C(F)(F)F)[C@H]2C1. The summed E-state index contributed by atoms with van der Waals surface area (Å²) >= 11 is 0. The van der Waals surface area contributed by atoms with Gasteiger partial charge in [0, 0.05) is 5.71 Å². The summed E-state index contributed by atoms with van der Waals surface area (Å²) in [6, 6.07) is 8.48. The molecule has 0 aromatic heterocycles. The largest absolute Gasteiger partial charge is 0.439 e. The number of hydrogen-bond acceptors (Lipinski definition) is 3. The zero-order chi connectivity index (χ0) is 17.5. The predicted molar refractivity (Wildman–Crippen MR) is 81.9 cm³/mol. The van der Waals surface area contributed by atoms with Crippen molar-refractivity contribution in [2.45, 2.75) is 44.5 Å². The smallest absolute Gasteiger partial charge is 0.362 e. The minimum atomic E-state index is -4.97. The van der Waals surface area contributed by atoms with Crippen LogP contribution in [0.25, 0.3) is 0 Å². The molecule has 1 aliphatic carbocycles. The van der Waals surface area contributed by atoms with Crippen molar-refractivity contribution in [2.24, 2.45) is 16.9 Å². The predicted octanol–water partition coefficient (Wildman–Crippen LogP) is 3.11. The highest BCUT2D eigenvalue weighted by molar-refractivity contribution is 5.93. The van der Waals surface area contributed by atoms with Crippen molar-refractivity contribution in [1.82, 2.24) is 5.01 Å². The molecule has 1 fully saturated rings. The van der Waals surface area contributed by atoms with Gasteiger partial charge in [-0.2, -0.15) is 23.3 Å². The first kappa shape index (κ1) is 17.0. The molecule has 3 rings (SSSR count). The highest BCUT2D eigenvalue weighted by Gasteiger charge is 2.68. The zero-order valence-corrected chi connectivity index (χ0v) is 13.3. The fourth-order valence-electron chi connectivity index (χ4n) is 3.50. The van der Waals surface area contributed by atoms with Crippen molar-refractivity contribution in [3.63, 3.8) is 0 Å². The number of nitrogens with zero attached hydrogens (tertiary/aromatic N) is 2. The lowest BCUT2D eigenvalue weighted by Crippen LogP contribution is -2.62. The topological polar surface area (TPSA) is 52.9 Å². The summed E-state index contributed by atoms with van der Waals surface area (Å²) in [6.07, 6.45) is -3.95. The minimum absolute atomic E-state index is 0.0481. The highest BCUT2D eigenvalue weighted by Crippen LogP contribution is 2.49. The van der Waals surface area contributed by atoms with E-state index in [9.17, 15) is 23.1 Å². The second-order valence-electron chi connectivity index (χ2n) is 6.62. The van der Waals surface area contributed by atoms with Crippen LogP contribution in [0.15, 0.2) is 35.4 Å². The molecule has 3 atom stereocenters. The summed E-state index contributed by atoms with van der Waals surface area (Å²) in [5.41, 5.74) is -2.40. The van der Waals surface area contributed by atoms with Crippen LogP contribution >= 0.6 is 0 Å². The van der Waals surface area contributed by atoms with Gasteiger partial charge in [0.25, 0.3) is 5.72 Å². The van der Waals surface area contributed by atoms with Crippen molar-refractivity contribution >= 4 is 11.6 Å². The molecule has 0 saturated heterocycles. The number of carbonyl (C=O) groups is 1. The Morgan fingerprint density at radius 2 is 2.04 bits per heavy atom. The minimum Gasteiger partial charge on any atom is -0.362 e. The normalized spacial score (nSPS) is 30.0. The Morgan fingerprint density at radius 1 is 1.38 bits per heavy atom. The molecule has 4 nitrogen and oxygen atoms in total. The Morgan fingerprint density at radius 3 is 2.67 bits per heavy atom. The number of carbonyl (C=O) groups excluding carboxylic acids is 1. The van der Waals surface area contributed by atoms with Crippen molar-refractivity contribution in [3.8, 4) is 0 Å². The van der Waals surface area contributed by atoms with Crippen molar-refractivity contribution in [1.29, 1.82) is 0 Å². The summed E-state index contributed by atoms with van der Waals surface area (Å²) in [5.74, 6) is -1.98. The van der Waals surface area contributed by atoms with Gasteiger partial charge < -0.3 is 5.11 Å². The average molecular weight is 340 g/mol. The fourth-order valence-corrected chi connectivity index (χ4v) is 3.50. The maximum atomic E-state index is 13.7. The van der Waals surface area contributed by atoms with Gasteiger partial charge in [-0.1, -0.05) is 37.3 Å². The number of amides is 1. The Kier molecular flexibility index (Phi) is 4.15. The molecule has 1 aromatic carbocycles. The van der Waals surface area contributed by atoms with E-state index in [1.165, 1.54) is 0 Å². The van der Waals surface area contributed by atoms with E-state index in [0.717, 1.165) is 0 Å². The monoisotopic (exact) mass is 340 g/mol. The lowest BCUT2D eigenvalue weighted by molar-refractivity contribution is -0.317. The standard InChI is InChI=1S/C17H19F3N2O2/c1-11-7-8-14-13(9-11)16(24,17(18,19)20)22(21-14)15(23)10-12-5-3-2-4-6-12/h2-6,11,13,24H,7-10H2,1H3/t11-,13+,16-/m1/s1. The van der Waals surface area contributed by atoms with Gasteiger partial charge in [-0.25, -0.2) is 0 Å². The van der Waals surface area contributed by atoms with Crippen LogP contribution < -0.4 is 0 Å². The summed E-state index contributed by atoms with van der Waals surface area (Å²) in [7, 11) is 0. The van der Waals surface area contributed by atoms with Gasteiger partial charge in [-0.15, -0.1) is 0 Å². The third-order valence-electron chi connectivity index (χ3n) is 4.82. The second-order valence-corrected chi connectivity index (χ2v) is 6.62. The lowest BCUT2D eigenvalue weighted by atomic mass is 9.76. The van der Waals surface area contributed by atoms with Crippen molar-refractivity contribution < 1.29 is 23.1 Å². The first-order valence-corrected chi connectivity index (χ1v) is 7.97. The van der Waals surface area contributed by atoms with E-state index in [-0.39, 0.29) is 29.5 Å². The van der Waals surface area contributed by atoms with Crippen molar-refractivity contribution in [2.75, 3.05) is 0 Å². The molecule has 1 amide bonds. The number of benzene rings is 1. The van der Waals surface area contributed by atoms with Crippen LogP contribution in [0, 0.1) is 11.8 Å². The Bertz CT molecular complexity index is 660. The first-order chi connectivity index (χ1) is 11.2. The van der Waals surface area contributed by atoms with Gasteiger partial charge in [0.1, 0.15) is 0 Å². The quantitative estimate of drug-likeness (QED) is 0.899. The van der Waals surface area contributed by atoms with E-state index in [4.69, 9.17) is 0 Å². The van der Waals surface area contributed by atoms with Gasteiger partial charge in [0.05, 0.1) is 12.3 Å². The first-order valence-electron chi connectivity index (χ1n) is 7.97. The number of alkyl halides is 3. The van der Waals surface area contributed by atoms with Crippen LogP contribution in [-0.2, 0) is 11.2 Å². The zero-order valence-electron chi connectivity index (χ0n) is 13.3. The molecule has 1 N–H and O–H groups in total. The van der Waals surface area contributed by atoms with Crippen LogP contribution in [0.2, 0.25) is 0 Å². The van der Waals surface area contributed by atoms with E-state index in [2.05, 4.69) is 5.10 Å². The second kappa shape index (κ2) is 5.88. The Balaban J connectivity index is 1.93. The third kappa shape index (κ3) is 2.70. The molecular weight excluding hydrogens is 321 g/mol. The van der Waals surface area contributed by atoms with E-state index in [1.54, 1.807) is 30.3 Å². The number of hydrogen-bond donors (Lipinski definition) is 1. The number of fused-ring (bicyclic) bond motifs is 1. The van der Waals surface area contributed by atoms with E-state index < -0.39 is 23.7 Å². The summed E-state index contributed by atoms with van der Waals surface area (Å²) < 4.78 is 41.0. The number of hydrazone groups is 1. The molecule has 130 valence electrons. The summed E-state index contributed by atoms with van der Waals surface area (Å²) in [4.78, 5) is 12.5. The molecule has 24 heavy (non-hydrogen) atoms. The number of aliphatic hydroxyl groups is 1. The van der Waals surface area contributed by atoms with E-state index in [0.29, 0.717) is 18.4 Å². The summed E-state index contributed by atoms with van der Waals surface area (Å²) in [6.45, 7) is 1.85. The molecule has 0 unspecified atom stereocenters. The molecule has 0 radical (unpaired) electrons. The maximum Gasteiger partial charge on any atom is 0.439 e. The number of rotatable bonds is 2. The third-order valence-corrected chi connectivity index (χ3v) is 4.82. The van der Waals surface area contributed by atoms with Crippen LogP contribution in [0.5, 0.6) is 0 Å². The van der Waals surface area contributed by atoms with Crippen LogP contribution in [-0.4, -0.2) is 33.6 Å². The molecule has 1 heterocycles. The Labute approximate surface area is 138 Å². The van der Waals surface area contributed by atoms with Crippen LogP contribution in [0.3, 0.4) is 0 Å². The summed E-state index contributed by atoms with van der Waals surface area (Å²) in [5, 5.41) is 14.7. The number of halogens is 3. The van der Waals surface area contributed by atoms with Gasteiger partial charge in [-0.05, 0) is 30.7 Å². The lowest BCUT2D eigenvalue weighted by Gasteiger charge is -2.39. The molecule has 1 saturated carbocycles. The van der Waals surface area contributed by atoms with Crippen molar-refractivity contribution in [3.05, 3.63) is 35.9 Å². The maximum absolute atomic E-state index is 13.7. The molecule has 0 bridgehead atoms. The molecule has 1 aliphatic heterocycles. The average Bonchev–Trinajstić information content (AvgIpc) is 2.82.